The molecule has 2 aromatic rings. The number of hydrogen-bond donors (Lipinski definition) is 1. The predicted molar refractivity (Wildman–Crippen MR) is 81.6 cm³/mol. The van der Waals surface area contributed by atoms with E-state index in [1.165, 1.54) is 7.05 Å². The van der Waals surface area contributed by atoms with Crippen molar-refractivity contribution in [1.29, 1.82) is 0 Å². The Balaban J connectivity index is 0.000000161. The molecule has 0 saturated carbocycles. The van der Waals surface area contributed by atoms with E-state index in [4.69, 9.17) is 5.73 Å². The Kier molecular flexibility index (Phi) is 4.13. The van der Waals surface area contributed by atoms with Crippen LogP contribution in [-0.2, 0) is 0 Å². The Morgan fingerprint density at radius 1 is 1.10 bits per heavy atom. The lowest BCUT2D eigenvalue weighted by Crippen LogP contribution is -2.24. The van der Waals surface area contributed by atoms with Gasteiger partial charge in [0.1, 0.15) is 5.82 Å². The van der Waals surface area contributed by atoms with Gasteiger partial charge in [-0.15, -0.1) is 0 Å². The maximum Gasteiger partial charge on any atom is 0.261 e. The molecule has 5 heteroatoms. The second-order valence-electron chi connectivity index (χ2n) is 4.40. The van der Waals surface area contributed by atoms with E-state index >= 15 is 0 Å². The number of carbonyl (C=O) groups excluding carboxylic acids is 2. The molecule has 1 aromatic carbocycles. The van der Waals surface area contributed by atoms with Gasteiger partial charge in [0, 0.05) is 18.8 Å². The SMILES string of the molecule is C=Cc1cccnc1N.CN1C(=O)c2ccccc2C1=O. The third kappa shape index (κ3) is 2.81. The molecule has 1 aliphatic heterocycles. The van der Waals surface area contributed by atoms with E-state index < -0.39 is 0 Å². The zero-order valence-electron chi connectivity index (χ0n) is 11.6. The summed E-state index contributed by atoms with van der Waals surface area (Å²) in [6.07, 6.45) is 3.34. The molecule has 2 heterocycles. The van der Waals surface area contributed by atoms with Gasteiger partial charge in [-0.25, -0.2) is 4.98 Å². The summed E-state index contributed by atoms with van der Waals surface area (Å²) < 4.78 is 0. The highest BCUT2D eigenvalue weighted by Gasteiger charge is 2.31. The van der Waals surface area contributed by atoms with Gasteiger partial charge in [-0.05, 0) is 24.3 Å². The van der Waals surface area contributed by atoms with Crippen LogP contribution in [0.4, 0.5) is 5.82 Å². The summed E-state index contributed by atoms with van der Waals surface area (Å²) in [5.41, 5.74) is 7.34. The maximum atomic E-state index is 11.3. The summed E-state index contributed by atoms with van der Waals surface area (Å²) in [6.45, 7) is 3.57. The second kappa shape index (κ2) is 6.00. The Morgan fingerprint density at radius 3 is 2.10 bits per heavy atom. The molecule has 2 N–H and O–H groups in total. The number of imide groups is 1. The molecular weight excluding hydrogens is 266 g/mol. The minimum absolute atomic E-state index is 0.212. The van der Waals surface area contributed by atoms with Gasteiger partial charge in [-0.1, -0.05) is 24.8 Å². The number of aromatic nitrogens is 1. The zero-order chi connectivity index (χ0) is 15.4. The van der Waals surface area contributed by atoms with Crippen LogP contribution in [0.2, 0.25) is 0 Å². The highest BCUT2D eigenvalue weighted by atomic mass is 16.2. The molecule has 0 bridgehead atoms. The number of fused-ring (bicyclic) bond motifs is 1. The minimum atomic E-state index is -0.212. The summed E-state index contributed by atoms with van der Waals surface area (Å²) in [5.74, 6) is 0.110. The summed E-state index contributed by atoms with van der Waals surface area (Å²) in [5, 5.41) is 0. The van der Waals surface area contributed by atoms with Crippen LogP contribution in [0.5, 0.6) is 0 Å². The molecule has 21 heavy (non-hydrogen) atoms. The van der Waals surface area contributed by atoms with E-state index in [1.807, 2.05) is 12.1 Å². The van der Waals surface area contributed by atoms with Crippen molar-refractivity contribution in [3.8, 4) is 0 Å². The summed E-state index contributed by atoms with van der Waals surface area (Å²) in [4.78, 5) is 27.6. The number of amides is 2. The minimum Gasteiger partial charge on any atom is -0.383 e. The third-order valence-corrected chi connectivity index (χ3v) is 3.09. The molecule has 0 unspecified atom stereocenters. The summed E-state index contributed by atoms with van der Waals surface area (Å²) in [6, 6.07) is 10.5. The summed E-state index contributed by atoms with van der Waals surface area (Å²) in [7, 11) is 1.49. The molecule has 106 valence electrons. The molecule has 0 saturated heterocycles. The number of nitrogen functional groups attached to an aromatic ring is 1. The Hall–Kier alpha value is -2.95. The number of benzene rings is 1. The molecule has 0 aliphatic carbocycles. The molecule has 0 radical (unpaired) electrons. The van der Waals surface area contributed by atoms with Crippen LogP contribution >= 0.6 is 0 Å². The van der Waals surface area contributed by atoms with Crippen LogP contribution < -0.4 is 5.73 Å². The number of anilines is 1. The monoisotopic (exact) mass is 281 g/mol. The standard InChI is InChI=1S/C9H7NO2.C7H8N2/c1-10-8(11)6-4-2-3-5-7(6)9(10)12;1-2-6-4-3-5-9-7(6)8/h2-5H,1H3;2-5H,1H2,(H2,8,9). The fourth-order valence-electron chi connectivity index (χ4n) is 1.91. The lowest BCUT2D eigenvalue weighted by atomic mass is 10.1. The van der Waals surface area contributed by atoms with Gasteiger partial charge in [0.15, 0.2) is 0 Å². The topological polar surface area (TPSA) is 76.3 Å². The van der Waals surface area contributed by atoms with Gasteiger partial charge >= 0.3 is 0 Å². The van der Waals surface area contributed by atoms with Crippen molar-refractivity contribution in [3.05, 3.63) is 65.9 Å². The van der Waals surface area contributed by atoms with Gasteiger partial charge in [0.25, 0.3) is 11.8 Å². The van der Waals surface area contributed by atoms with E-state index in [9.17, 15) is 9.59 Å². The predicted octanol–water partition coefficient (Wildman–Crippen LogP) is 2.22. The maximum absolute atomic E-state index is 11.3. The van der Waals surface area contributed by atoms with Crippen molar-refractivity contribution in [2.75, 3.05) is 12.8 Å². The summed E-state index contributed by atoms with van der Waals surface area (Å²) >= 11 is 0. The van der Waals surface area contributed by atoms with E-state index in [-0.39, 0.29) is 11.8 Å². The Bertz CT molecular complexity index is 675. The highest BCUT2D eigenvalue weighted by molar-refractivity contribution is 6.21. The lowest BCUT2D eigenvalue weighted by molar-refractivity contribution is 0.0693. The van der Waals surface area contributed by atoms with Gasteiger partial charge in [0.05, 0.1) is 11.1 Å². The number of pyridine rings is 1. The van der Waals surface area contributed by atoms with Crippen molar-refractivity contribution >= 4 is 23.7 Å². The first-order chi connectivity index (χ1) is 10.1. The fourth-order valence-corrected chi connectivity index (χ4v) is 1.91. The number of hydrogen-bond acceptors (Lipinski definition) is 4. The van der Waals surface area contributed by atoms with Gasteiger partial charge in [0.2, 0.25) is 0 Å². The van der Waals surface area contributed by atoms with Crippen molar-refractivity contribution in [1.82, 2.24) is 9.88 Å². The largest absolute Gasteiger partial charge is 0.383 e. The van der Waals surface area contributed by atoms with Crippen molar-refractivity contribution in [2.24, 2.45) is 0 Å². The molecular formula is C16H15N3O2. The normalized spacial score (nSPS) is 12.5. The van der Waals surface area contributed by atoms with Crippen LogP contribution in [0.1, 0.15) is 26.3 Å². The molecule has 0 atom stereocenters. The smallest absolute Gasteiger partial charge is 0.261 e. The van der Waals surface area contributed by atoms with E-state index in [2.05, 4.69) is 11.6 Å². The van der Waals surface area contributed by atoms with Crippen LogP contribution in [0.3, 0.4) is 0 Å². The number of nitrogens with two attached hydrogens (primary N) is 1. The molecule has 2 amide bonds. The van der Waals surface area contributed by atoms with Crippen LogP contribution in [-0.4, -0.2) is 28.7 Å². The van der Waals surface area contributed by atoms with Crippen LogP contribution in [0.15, 0.2) is 49.2 Å². The zero-order valence-corrected chi connectivity index (χ0v) is 11.6. The van der Waals surface area contributed by atoms with E-state index in [0.717, 1.165) is 10.5 Å². The first-order valence-corrected chi connectivity index (χ1v) is 6.30. The first kappa shape index (κ1) is 14.5. The molecule has 5 nitrogen and oxygen atoms in total. The van der Waals surface area contributed by atoms with Crippen molar-refractivity contribution in [3.63, 3.8) is 0 Å². The highest BCUT2D eigenvalue weighted by Crippen LogP contribution is 2.20. The Labute approximate surface area is 122 Å². The second-order valence-corrected chi connectivity index (χ2v) is 4.40. The van der Waals surface area contributed by atoms with E-state index in [1.54, 1.807) is 36.5 Å². The average molecular weight is 281 g/mol. The molecule has 0 fully saturated rings. The quantitative estimate of drug-likeness (QED) is 0.813. The van der Waals surface area contributed by atoms with E-state index in [0.29, 0.717) is 16.9 Å². The van der Waals surface area contributed by atoms with Crippen LogP contribution in [0.25, 0.3) is 6.08 Å². The fraction of sp³-hybridized carbons (Fsp3) is 0.0625. The molecule has 1 aromatic heterocycles. The first-order valence-electron chi connectivity index (χ1n) is 6.30. The molecule has 3 rings (SSSR count). The number of carbonyl (C=O) groups is 2. The van der Waals surface area contributed by atoms with Crippen LogP contribution in [0, 0.1) is 0 Å². The van der Waals surface area contributed by atoms with Crippen molar-refractivity contribution < 1.29 is 9.59 Å². The third-order valence-electron chi connectivity index (χ3n) is 3.09. The number of rotatable bonds is 1. The average Bonchev–Trinajstić information content (AvgIpc) is 2.74. The van der Waals surface area contributed by atoms with Gasteiger partial charge < -0.3 is 5.73 Å². The van der Waals surface area contributed by atoms with Crippen molar-refractivity contribution in [2.45, 2.75) is 0 Å². The van der Waals surface area contributed by atoms with Gasteiger partial charge in [-0.3, -0.25) is 14.5 Å². The van der Waals surface area contributed by atoms with Gasteiger partial charge in [-0.2, -0.15) is 0 Å². The molecule has 1 aliphatic rings. The lowest BCUT2D eigenvalue weighted by Gasteiger charge is -2.02. The molecule has 0 spiro atoms. The Morgan fingerprint density at radius 2 is 1.67 bits per heavy atom. The number of nitrogens with zero attached hydrogens (tertiary/aromatic N) is 2.